The van der Waals surface area contributed by atoms with Crippen LogP contribution in [0, 0.1) is 5.92 Å². The van der Waals surface area contributed by atoms with Gasteiger partial charge < -0.3 is 15.2 Å². The minimum Gasteiger partial charge on any atom is -0.361 e. The van der Waals surface area contributed by atoms with E-state index >= 15 is 0 Å². The first-order valence-corrected chi connectivity index (χ1v) is 7.25. The zero-order valence-electron chi connectivity index (χ0n) is 11.2. The van der Waals surface area contributed by atoms with Crippen molar-refractivity contribution in [3.63, 3.8) is 0 Å². The fourth-order valence-electron chi connectivity index (χ4n) is 2.91. The smallest absolute Gasteiger partial charge is 0.0472 e. The van der Waals surface area contributed by atoms with E-state index in [9.17, 15) is 0 Å². The number of nitrogens with one attached hydrogen (secondary N) is 2. The number of hydrogen-bond donors (Lipinski definition) is 2. The van der Waals surface area contributed by atoms with Gasteiger partial charge in [-0.25, -0.2) is 0 Å². The predicted octanol–water partition coefficient (Wildman–Crippen LogP) is 2.86. The van der Waals surface area contributed by atoms with Gasteiger partial charge in [-0.3, -0.25) is 0 Å². The fraction of sp³-hybridized carbons (Fsp3) is 0.467. The minimum atomic E-state index is 0.780. The number of aromatic amines is 1. The average Bonchev–Trinajstić information content (AvgIpc) is 2.96. The summed E-state index contributed by atoms with van der Waals surface area (Å²) in [6.45, 7) is 4.47. The zero-order valence-corrected chi connectivity index (χ0v) is 12.0. The molecule has 1 aromatic carbocycles. The monoisotopic (exact) mass is 277 g/mol. The first kappa shape index (κ1) is 13.0. The quantitative estimate of drug-likeness (QED) is 0.900. The van der Waals surface area contributed by atoms with Crippen LogP contribution in [0.25, 0.3) is 10.9 Å². The summed E-state index contributed by atoms with van der Waals surface area (Å²) >= 11 is 5.99. The van der Waals surface area contributed by atoms with Crippen molar-refractivity contribution in [1.82, 2.24) is 15.2 Å². The molecule has 1 fully saturated rings. The highest BCUT2D eigenvalue weighted by Gasteiger charge is 2.18. The molecule has 2 N–H and O–H groups in total. The molecule has 102 valence electrons. The van der Waals surface area contributed by atoms with Crippen molar-refractivity contribution in [3.05, 3.63) is 35.0 Å². The molecule has 0 aliphatic carbocycles. The van der Waals surface area contributed by atoms with Crippen LogP contribution in [-0.4, -0.2) is 36.6 Å². The average molecular weight is 278 g/mol. The van der Waals surface area contributed by atoms with E-state index in [2.05, 4.69) is 34.5 Å². The first-order valence-electron chi connectivity index (χ1n) is 6.87. The lowest BCUT2D eigenvalue weighted by Gasteiger charge is -2.11. The van der Waals surface area contributed by atoms with Crippen LogP contribution in [0.5, 0.6) is 0 Å². The van der Waals surface area contributed by atoms with E-state index in [0.29, 0.717) is 0 Å². The van der Waals surface area contributed by atoms with Gasteiger partial charge in [-0.2, -0.15) is 0 Å². The molecular formula is C15H20ClN3. The number of nitrogens with zero attached hydrogens (tertiary/aromatic N) is 1. The predicted molar refractivity (Wildman–Crippen MR) is 80.6 cm³/mol. The second-order valence-electron chi connectivity index (χ2n) is 5.55. The largest absolute Gasteiger partial charge is 0.361 e. The molecule has 1 saturated heterocycles. The number of aromatic nitrogens is 1. The van der Waals surface area contributed by atoms with Crippen LogP contribution in [0.2, 0.25) is 5.02 Å². The Morgan fingerprint density at radius 1 is 1.47 bits per heavy atom. The molecule has 1 aliphatic heterocycles. The van der Waals surface area contributed by atoms with Crippen LogP contribution in [0.15, 0.2) is 24.4 Å². The van der Waals surface area contributed by atoms with E-state index < -0.39 is 0 Å². The third kappa shape index (κ3) is 2.94. The number of likely N-dealkylation sites (tertiary alicyclic amines) is 1. The maximum atomic E-state index is 5.99. The van der Waals surface area contributed by atoms with E-state index in [1.165, 1.54) is 30.5 Å². The molecule has 1 unspecified atom stereocenters. The lowest BCUT2D eigenvalue weighted by atomic mass is 10.1. The van der Waals surface area contributed by atoms with Gasteiger partial charge in [0.05, 0.1) is 0 Å². The Kier molecular flexibility index (Phi) is 3.78. The SMILES string of the molecule is CN1CCC(CNCc2c[nH]c3cc(Cl)ccc23)C1. The molecule has 19 heavy (non-hydrogen) atoms. The molecule has 3 rings (SSSR count). The molecule has 2 aromatic rings. The summed E-state index contributed by atoms with van der Waals surface area (Å²) in [7, 11) is 2.20. The second kappa shape index (κ2) is 5.53. The van der Waals surface area contributed by atoms with Crippen molar-refractivity contribution in [2.45, 2.75) is 13.0 Å². The van der Waals surface area contributed by atoms with Gasteiger partial charge in [-0.05, 0) is 50.2 Å². The third-order valence-corrected chi connectivity index (χ3v) is 4.20. The van der Waals surface area contributed by atoms with Gasteiger partial charge >= 0.3 is 0 Å². The fourth-order valence-corrected chi connectivity index (χ4v) is 3.08. The molecule has 1 aromatic heterocycles. The van der Waals surface area contributed by atoms with E-state index in [4.69, 9.17) is 11.6 Å². The maximum Gasteiger partial charge on any atom is 0.0472 e. The van der Waals surface area contributed by atoms with Crippen LogP contribution in [-0.2, 0) is 6.54 Å². The number of halogens is 1. The lowest BCUT2D eigenvalue weighted by molar-refractivity contribution is 0.388. The summed E-state index contributed by atoms with van der Waals surface area (Å²) < 4.78 is 0. The standard InChI is InChI=1S/C15H20ClN3/c1-19-5-4-11(10-19)7-17-8-12-9-18-15-6-13(16)2-3-14(12)15/h2-3,6,9,11,17-18H,4-5,7-8,10H2,1H3. The van der Waals surface area contributed by atoms with Gasteiger partial charge in [-0.1, -0.05) is 17.7 Å². The molecule has 0 radical (unpaired) electrons. The van der Waals surface area contributed by atoms with E-state index in [-0.39, 0.29) is 0 Å². The zero-order chi connectivity index (χ0) is 13.2. The number of rotatable bonds is 4. The molecule has 0 amide bonds. The van der Waals surface area contributed by atoms with Gasteiger partial charge in [0.25, 0.3) is 0 Å². The van der Waals surface area contributed by atoms with Gasteiger partial charge in [-0.15, -0.1) is 0 Å². The van der Waals surface area contributed by atoms with Gasteiger partial charge in [0.2, 0.25) is 0 Å². The van der Waals surface area contributed by atoms with Gasteiger partial charge in [0, 0.05) is 35.2 Å². The summed E-state index contributed by atoms with van der Waals surface area (Å²) in [4.78, 5) is 5.68. The maximum absolute atomic E-state index is 5.99. The van der Waals surface area contributed by atoms with Crippen LogP contribution in [0.1, 0.15) is 12.0 Å². The Labute approximate surface area is 118 Å². The highest BCUT2D eigenvalue weighted by atomic mass is 35.5. The molecular weight excluding hydrogens is 258 g/mol. The van der Waals surface area contributed by atoms with E-state index in [1.807, 2.05) is 12.1 Å². The van der Waals surface area contributed by atoms with Crippen molar-refractivity contribution >= 4 is 22.5 Å². The summed E-state index contributed by atoms with van der Waals surface area (Å²) in [5.74, 6) is 0.796. The molecule has 2 heterocycles. The number of fused-ring (bicyclic) bond motifs is 1. The Morgan fingerprint density at radius 2 is 2.37 bits per heavy atom. The number of benzene rings is 1. The molecule has 1 atom stereocenters. The first-order chi connectivity index (χ1) is 9.22. The second-order valence-corrected chi connectivity index (χ2v) is 5.99. The summed E-state index contributed by atoms with van der Waals surface area (Å²) in [6, 6.07) is 6.02. The Hall–Kier alpha value is -1.03. The summed E-state index contributed by atoms with van der Waals surface area (Å²) in [5, 5.41) is 5.62. The molecule has 3 nitrogen and oxygen atoms in total. The summed E-state index contributed by atoms with van der Waals surface area (Å²) in [6.07, 6.45) is 3.39. The molecule has 0 saturated carbocycles. The number of H-pyrrole nitrogens is 1. The third-order valence-electron chi connectivity index (χ3n) is 3.97. The normalized spacial score (nSPS) is 20.4. The van der Waals surface area contributed by atoms with Crippen LogP contribution in [0.4, 0.5) is 0 Å². The summed E-state index contributed by atoms with van der Waals surface area (Å²) in [5.41, 5.74) is 2.43. The van der Waals surface area contributed by atoms with Crippen molar-refractivity contribution in [3.8, 4) is 0 Å². The van der Waals surface area contributed by atoms with E-state index in [1.54, 1.807) is 0 Å². The van der Waals surface area contributed by atoms with Gasteiger partial charge in [0.15, 0.2) is 0 Å². The van der Waals surface area contributed by atoms with E-state index in [0.717, 1.165) is 29.5 Å². The molecule has 0 spiro atoms. The molecule has 1 aliphatic rings. The lowest BCUT2D eigenvalue weighted by Crippen LogP contribution is -2.24. The minimum absolute atomic E-state index is 0.780. The number of hydrogen-bond acceptors (Lipinski definition) is 2. The van der Waals surface area contributed by atoms with Crippen molar-refractivity contribution in [2.75, 3.05) is 26.7 Å². The molecule has 4 heteroatoms. The van der Waals surface area contributed by atoms with Crippen molar-refractivity contribution in [1.29, 1.82) is 0 Å². The Bertz CT molecular complexity index is 564. The highest BCUT2D eigenvalue weighted by Crippen LogP contribution is 2.22. The van der Waals surface area contributed by atoms with Crippen LogP contribution in [0.3, 0.4) is 0 Å². The topological polar surface area (TPSA) is 31.1 Å². The van der Waals surface area contributed by atoms with Crippen LogP contribution >= 0.6 is 11.6 Å². The van der Waals surface area contributed by atoms with Gasteiger partial charge in [0.1, 0.15) is 0 Å². The highest BCUT2D eigenvalue weighted by molar-refractivity contribution is 6.31. The van der Waals surface area contributed by atoms with Crippen molar-refractivity contribution < 1.29 is 0 Å². The van der Waals surface area contributed by atoms with Crippen molar-refractivity contribution in [2.24, 2.45) is 5.92 Å². The molecule has 0 bridgehead atoms. The van der Waals surface area contributed by atoms with Crippen LogP contribution < -0.4 is 5.32 Å². The Morgan fingerprint density at radius 3 is 3.16 bits per heavy atom. The Balaban J connectivity index is 1.59.